The van der Waals surface area contributed by atoms with E-state index in [4.69, 9.17) is 0 Å². The summed E-state index contributed by atoms with van der Waals surface area (Å²) >= 11 is 4.37. The van der Waals surface area contributed by atoms with Gasteiger partial charge in [-0.3, -0.25) is 0 Å². The largest absolute Gasteiger partial charge is 0.313 e. The van der Waals surface area contributed by atoms with Gasteiger partial charge >= 0.3 is 0 Å². The summed E-state index contributed by atoms with van der Waals surface area (Å²) in [4.78, 5) is 0. The highest BCUT2D eigenvalue weighted by molar-refractivity contribution is 7.81. The van der Waals surface area contributed by atoms with Crippen molar-refractivity contribution in [2.24, 2.45) is 0 Å². The molecule has 0 fully saturated rings. The number of hydrogen-bond acceptors (Lipinski definition) is 2. The van der Waals surface area contributed by atoms with Crippen LogP contribution in [0.2, 0.25) is 0 Å². The van der Waals surface area contributed by atoms with Crippen molar-refractivity contribution in [2.75, 3.05) is 6.54 Å². The van der Waals surface area contributed by atoms with Gasteiger partial charge in [-0.2, -0.15) is 12.6 Å². The van der Waals surface area contributed by atoms with Gasteiger partial charge < -0.3 is 5.32 Å². The van der Waals surface area contributed by atoms with Gasteiger partial charge in [0.25, 0.3) is 0 Å². The normalized spacial score (nSPS) is 12.7. The summed E-state index contributed by atoms with van der Waals surface area (Å²) in [6.07, 6.45) is 0. The maximum atomic E-state index is 4.37. The molecule has 0 aliphatic heterocycles. The Kier molecular flexibility index (Phi) is 3.59. The Balaban J connectivity index is 3.28. The second-order valence-corrected chi connectivity index (χ2v) is 4.56. The monoisotopic (exact) mass is 147 g/mol. The molecule has 0 radical (unpaired) electrons. The van der Waals surface area contributed by atoms with E-state index in [-0.39, 0.29) is 4.75 Å². The Morgan fingerprint density at radius 1 is 1.44 bits per heavy atom. The minimum atomic E-state index is 0.115. The van der Waals surface area contributed by atoms with Crippen LogP contribution in [0.15, 0.2) is 0 Å². The molecule has 56 valence electrons. The van der Waals surface area contributed by atoms with Gasteiger partial charge in [-0.25, -0.2) is 0 Å². The fourth-order valence-electron chi connectivity index (χ4n) is 0.454. The van der Waals surface area contributed by atoms with Crippen LogP contribution in [0, 0.1) is 0 Å². The Morgan fingerprint density at radius 2 is 1.89 bits per heavy atom. The van der Waals surface area contributed by atoms with Crippen LogP contribution in [0.5, 0.6) is 0 Å². The second kappa shape index (κ2) is 3.47. The smallest absolute Gasteiger partial charge is 0.0198 e. The van der Waals surface area contributed by atoms with Crippen molar-refractivity contribution in [2.45, 2.75) is 38.5 Å². The Bertz CT molecular complexity index is 73.5. The van der Waals surface area contributed by atoms with Crippen molar-refractivity contribution >= 4 is 12.6 Å². The van der Waals surface area contributed by atoms with Crippen molar-refractivity contribution in [3.05, 3.63) is 0 Å². The molecule has 0 aliphatic carbocycles. The molecule has 0 amide bonds. The lowest BCUT2D eigenvalue weighted by Crippen LogP contribution is -2.34. The fraction of sp³-hybridized carbons (Fsp3) is 1.00. The minimum Gasteiger partial charge on any atom is -0.313 e. The molecule has 2 heteroatoms. The molecule has 1 nitrogen and oxygen atoms in total. The SMILES string of the molecule is CC(C)NCC(C)(C)S. The third kappa shape index (κ3) is 8.31. The summed E-state index contributed by atoms with van der Waals surface area (Å²) in [7, 11) is 0. The van der Waals surface area contributed by atoms with Gasteiger partial charge in [0.05, 0.1) is 0 Å². The molecule has 0 rings (SSSR count). The number of nitrogens with one attached hydrogen (secondary N) is 1. The molecule has 0 aromatic carbocycles. The van der Waals surface area contributed by atoms with E-state index in [2.05, 4.69) is 45.6 Å². The van der Waals surface area contributed by atoms with Crippen molar-refractivity contribution < 1.29 is 0 Å². The molecule has 0 bridgehead atoms. The van der Waals surface area contributed by atoms with E-state index in [1.807, 2.05) is 0 Å². The number of thiol groups is 1. The van der Waals surface area contributed by atoms with E-state index >= 15 is 0 Å². The van der Waals surface area contributed by atoms with Gasteiger partial charge in [0.1, 0.15) is 0 Å². The first kappa shape index (κ1) is 9.31. The zero-order valence-corrected chi connectivity index (χ0v) is 7.63. The van der Waals surface area contributed by atoms with Crippen molar-refractivity contribution in [1.29, 1.82) is 0 Å². The second-order valence-electron chi connectivity index (χ2n) is 3.35. The Hall–Kier alpha value is 0.310. The van der Waals surface area contributed by atoms with Gasteiger partial charge in [-0.15, -0.1) is 0 Å². The average molecular weight is 147 g/mol. The molecule has 0 saturated carbocycles. The lowest BCUT2D eigenvalue weighted by atomic mass is 10.2. The Labute approximate surface area is 63.6 Å². The first-order chi connectivity index (χ1) is 3.92. The van der Waals surface area contributed by atoms with Crippen LogP contribution >= 0.6 is 12.6 Å². The van der Waals surface area contributed by atoms with E-state index in [1.165, 1.54) is 0 Å². The molecule has 0 atom stereocenters. The zero-order chi connectivity index (χ0) is 7.49. The maximum absolute atomic E-state index is 4.37. The van der Waals surface area contributed by atoms with E-state index in [9.17, 15) is 0 Å². The van der Waals surface area contributed by atoms with Crippen LogP contribution in [0.1, 0.15) is 27.7 Å². The van der Waals surface area contributed by atoms with Gasteiger partial charge in [-0.05, 0) is 13.8 Å². The van der Waals surface area contributed by atoms with Crippen molar-refractivity contribution in [3.8, 4) is 0 Å². The third-order valence-corrected chi connectivity index (χ3v) is 1.10. The minimum absolute atomic E-state index is 0.115. The van der Waals surface area contributed by atoms with E-state index in [0.717, 1.165) is 6.54 Å². The molecule has 0 aliphatic rings. The molecule has 0 aromatic rings. The summed E-state index contributed by atoms with van der Waals surface area (Å²) in [5, 5.41) is 3.31. The van der Waals surface area contributed by atoms with E-state index in [0.29, 0.717) is 6.04 Å². The van der Waals surface area contributed by atoms with Crippen LogP contribution in [0.25, 0.3) is 0 Å². The lowest BCUT2D eigenvalue weighted by Gasteiger charge is -2.19. The zero-order valence-electron chi connectivity index (χ0n) is 6.73. The van der Waals surface area contributed by atoms with Crippen LogP contribution in [0.4, 0.5) is 0 Å². The molecular weight excluding hydrogens is 130 g/mol. The standard InChI is InChI=1S/C7H17NS/c1-6(2)8-5-7(3,4)9/h6,8-9H,5H2,1-4H3. The molecule has 9 heavy (non-hydrogen) atoms. The topological polar surface area (TPSA) is 12.0 Å². The maximum Gasteiger partial charge on any atom is 0.0198 e. The average Bonchev–Trinajstić information content (AvgIpc) is 1.59. The first-order valence-corrected chi connectivity index (χ1v) is 3.82. The van der Waals surface area contributed by atoms with Gasteiger partial charge in [-0.1, -0.05) is 13.8 Å². The molecule has 0 heterocycles. The van der Waals surface area contributed by atoms with Gasteiger partial charge in [0, 0.05) is 17.3 Å². The van der Waals surface area contributed by atoms with Crippen molar-refractivity contribution in [3.63, 3.8) is 0 Å². The summed E-state index contributed by atoms with van der Waals surface area (Å²) < 4.78 is 0.115. The molecule has 0 aromatic heterocycles. The lowest BCUT2D eigenvalue weighted by molar-refractivity contribution is 0.534. The van der Waals surface area contributed by atoms with Crippen LogP contribution in [-0.2, 0) is 0 Å². The van der Waals surface area contributed by atoms with Crippen molar-refractivity contribution in [1.82, 2.24) is 5.32 Å². The number of rotatable bonds is 3. The molecule has 0 saturated heterocycles. The summed E-state index contributed by atoms with van der Waals surface area (Å²) in [5.41, 5.74) is 0. The van der Waals surface area contributed by atoms with Gasteiger partial charge in [0.15, 0.2) is 0 Å². The van der Waals surface area contributed by atoms with E-state index in [1.54, 1.807) is 0 Å². The Morgan fingerprint density at radius 3 is 2.00 bits per heavy atom. The molecular formula is C7H17NS. The molecule has 0 spiro atoms. The quantitative estimate of drug-likeness (QED) is 0.579. The van der Waals surface area contributed by atoms with Crippen LogP contribution < -0.4 is 5.32 Å². The number of hydrogen-bond donors (Lipinski definition) is 2. The predicted octanol–water partition coefficient (Wildman–Crippen LogP) is 1.69. The summed E-state index contributed by atoms with van der Waals surface area (Å²) in [6.45, 7) is 9.45. The highest BCUT2D eigenvalue weighted by Crippen LogP contribution is 2.09. The van der Waals surface area contributed by atoms with E-state index < -0.39 is 0 Å². The molecule has 0 unspecified atom stereocenters. The molecule has 1 N–H and O–H groups in total. The van der Waals surface area contributed by atoms with Crippen LogP contribution in [-0.4, -0.2) is 17.3 Å². The summed E-state index contributed by atoms with van der Waals surface area (Å²) in [6, 6.07) is 0.566. The van der Waals surface area contributed by atoms with Crippen LogP contribution in [0.3, 0.4) is 0 Å². The predicted molar refractivity (Wildman–Crippen MR) is 46.2 cm³/mol. The highest BCUT2D eigenvalue weighted by Gasteiger charge is 2.10. The fourth-order valence-corrected chi connectivity index (χ4v) is 0.545. The van der Waals surface area contributed by atoms with Gasteiger partial charge in [0.2, 0.25) is 0 Å². The first-order valence-electron chi connectivity index (χ1n) is 3.37. The summed E-state index contributed by atoms with van der Waals surface area (Å²) in [5.74, 6) is 0. The third-order valence-electron chi connectivity index (χ3n) is 0.943. The highest BCUT2D eigenvalue weighted by atomic mass is 32.1.